The molecule has 5 heteroatoms. The zero-order valence-corrected chi connectivity index (χ0v) is 12.2. The summed E-state index contributed by atoms with van der Waals surface area (Å²) in [5.41, 5.74) is 4.39. The van der Waals surface area contributed by atoms with Gasteiger partial charge in [-0.15, -0.1) is 11.6 Å². The van der Waals surface area contributed by atoms with Crippen molar-refractivity contribution in [2.75, 3.05) is 0 Å². The van der Waals surface area contributed by atoms with Crippen LogP contribution in [0, 0.1) is 6.92 Å². The topological polar surface area (TPSA) is 30.7 Å². The second-order valence-electron chi connectivity index (χ2n) is 4.49. The third kappa shape index (κ3) is 2.38. The van der Waals surface area contributed by atoms with Crippen LogP contribution >= 0.6 is 22.9 Å². The lowest BCUT2D eigenvalue weighted by Gasteiger charge is -2.06. The van der Waals surface area contributed by atoms with E-state index in [1.165, 1.54) is 5.56 Å². The van der Waals surface area contributed by atoms with Gasteiger partial charge in [0.2, 0.25) is 0 Å². The summed E-state index contributed by atoms with van der Waals surface area (Å²) in [6.07, 6.45) is 2.81. The summed E-state index contributed by atoms with van der Waals surface area (Å²) in [6, 6.07) is 4.14. The first kappa shape index (κ1) is 12.6. The first-order chi connectivity index (χ1) is 9.29. The number of thiophene rings is 1. The van der Waals surface area contributed by atoms with Crippen LogP contribution in [0.1, 0.15) is 17.0 Å². The van der Waals surface area contributed by atoms with Crippen LogP contribution in [0.4, 0.5) is 0 Å². The second kappa shape index (κ2) is 5.31. The molecular formula is C14H14ClN3S. The summed E-state index contributed by atoms with van der Waals surface area (Å²) in [4.78, 5) is 9.06. The van der Waals surface area contributed by atoms with Crippen LogP contribution in [0.25, 0.3) is 11.2 Å². The summed E-state index contributed by atoms with van der Waals surface area (Å²) >= 11 is 7.73. The van der Waals surface area contributed by atoms with E-state index < -0.39 is 0 Å². The molecule has 0 unspecified atom stereocenters. The Balaban J connectivity index is 1.99. The van der Waals surface area contributed by atoms with Crippen LogP contribution in [0.3, 0.4) is 0 Å². The Morgan fingerprint density at radius 1 is 1.37 bits per heavy atom. The summed E-state index contributed by atoms with van der Waals surface area (Å²) in [5, 5.41) is 4.28. The standard InChI is InChI=1S/C14H14ClN3S/c1-10-2-5-16-14-13(10)17-12(8-15)18(14)6-3-11-4-7-19-9-11/h2,4-5,7,9H,3,6,8H2,1H3. The molecular weight excluding hydrogens is 278 g/mol. The van der Waals surface area contributed by atoms with Crippen LogP contribution in [0.2, 0.25) is 0 Å². The van der Waals surface area contributed by atoms with E-state index in [1.54, 1.807) is 11.3 Å². The van der Waals surface area contributed by atoms with Crippen molar-refractivity contribution < 1.29 is 0 Å². The molecule has 3 aromatic rings. The van der Waals surface area contributed by atoms with Crippen molar-refractivity contribution in [3.05, 3.63) is 46.0 Å². The Kier molecular flexibility index (Phi) is 3.53. The summed E-state index contributed by atoms with van der Waals surface area (Å²) in [6.45, 7) is 2.92. The fraction of sp³-hybridized carbons (Fsp3) is 0.286. The fourth-order valence-corrected chi connectivity index (χ4v) is 3.10. The number of fused-ring (bicyclic) bond motifs is 1. The minimum atomic E-state index is 0.416. The number of rotatable bonds is 4. The maximum Gasteiger partial charge on any atom is 0.160 e. The van der Waals surface area contributed by atoms with E-state index in [2.05, 4.69) is 38.3 Å². The molecule has 0 atom stereocenters. The van der Waals surface area contributed by atoms with Crippen molar-refractivity contribution in [3.8, 4) is 0 Å². The molecule has 0 saturated carbocycles. The van der Waals surface area contributed by atoms with Gasteiger partial charge in [0.25, 0.3) is 0 Å². The van der Waals surface area contributed by atoms with Crippen molar-refractivity contribution in [2.24, 2.45) is 0 Å². The number of aryl methyl sites for hydroxylation is 3. The van der Waals surface area contributed by atoms with Gasteiger partial charge in [-0.05, 0) is 47.4 Å². The molecule has 0 amide bonds. The highest BCUT2D eigenvalue weighted by molar-refractivity contribution is 7.07. The van der Waals surface area contributed by atoms with Crippen LogP contribution in [0.5, 0.6) is 0 Å². The normalized spacial score (nSPS) is 11.3. The lowest BCUT2D eigenvalue weighted by atomic mass is 10.2. The number of alkyl halides is 1. The Morgan fingerprint density at radius 2 is 2.26 bits per heavy atom. The molecule has 0 spiro atoms. The molecule has 0 aliphatic rings. The Bertz CT molecular complexity index is 688. The molecule has 3 nitrogen and oxygen atoms in total. The third-order valence-corrected chi connectivity index (χ3v) is 4.21. The van der Waals surface area contributed by atoms with E-state index in [1.807, 2.05) is 12.3 Å². The van der Waals surface area contributed by atoms with E-state index in [-0.39, 0.29) is 0 Å². The van der Waals surface area contributed by atoms with Gasteiger partial charge in [-0.2, -0.15) is 11.3 Å². The number of pyridine rings is 1. The van der Waals surface area contributed by atoms with E-state index in [4.69, 9.17) is 11.6 Å². The molecule has 0 bridgehead atoms. The van der Waals surface area contributed by atoms with Gasteiger partial charge in [-0.25, -0.2) is 9.97 Å². The van der Waals surface area contributed by atoms with E-state index in [9.17, 15) is 0 Å². The monoisotopic (exact) mass is 291 g/mol. The predicted molar refractivity (Wildman–Crippen MR) is 79.8 cm³/mol. The Hall–Kier alpha value is -1.39. The van der Waals surface area contributed by atoms with Crippen molar-refractivity contribution in [1.29, 1.82) is 0 Å². The van der Waals surface area contributed by atoms with Gasteiger partial charge in [0.15, 0.2) is 5.65 Å². The van der Waals surface area contributed by atoms with Gasteiger partial charge in [-0.1, -0.05) is 0 Å². The molecule has 19 heavy (non-hydrogen) atoms. The smallest absolute Gasteiger partial charge is 0.160 e. The quantitative estimate of drug-likeness (QED) is 0.685. The molecule has 0 saturated heterocycles. The van der Waals surface area contributed by atoms with Gasteiger partial charge >= 0.3 is 0 Å². The van der Waals surface area contributed by atoms with Crippen LogP contribution in [-0.2, 0) is 18.8 Å². The maximum absolute atomic E-state index is 6.01. The van der Waals surface area contributed by atoms with Crippen LogP contribution < -0.4 is 0 Å². The average Bonchev–Trinajstić information content (AvgIpc) is 3.03. The number of hydrogen-bond acceptors (Lipinski definition) is 3. The molecule has 3 rings (SSSR count). The molecule has 0 fully saturated rings. The van der Waals surface area contributed by atoms with E-state index in [0.717, 1.165) is 35.5 Å². The lowest BCUT2D eigenvalue weighted by Crippen LogP contribution is -2.05. The number of hydrogen-bond donors (Lipinski definition) is 0. The SMILES string of the molecule is Cc1ccnc2c1nc(CCl)n2CCc1ccsc1. The van der Waals surface area contributed by atoms with Gasteiger partial charge in [0.05, 0.1) is 5.88 Å². The summed E-state index contributed by atoms with van der Waals surface area (Å²) in [5.74, 6) is 1.31. The molecule has 0 aliphatic carbocycles. The minimum absolute atomic E-state index is 0.416. The summed E-state index contributed by atoms with van der Waals surface area (Å²) in [7, 11) is 0. The highest BCUT2D eigenvalue weighted by Gasteiger charge is 2.12. The fourth-order valence-electron chi connectivity index (χ4n) is 2.20. The number of halogens is 1. The molecule has 0 aliphatic heterocycles. The molecule has 98 valence electrons. The molecule has 0 aromatic carbocycles. The average molecular weight is 292 g/mol. The molecule has 0 N–H and O–H groups in total. The second-order valence-corrected chi connectivity index (χ2v) is 5.54. The predicted octanol–water partition coefficient (Wildman–Crippen LogP) is 3.78. The third-order valence-electron chi connectivity index (χ3n) is 3.24. The highest BCUT2D eigenvalue weighted by atomic mass is 35.5. The molecule has 3 aromatic heterocycles. The van der Waals surface area contributed by atoms with Gasteiger partial charge in [0.1, 0.15) is 11.3 Å². The Labute approximate surface area is 120 Å². The first-order valence-corrected chi connectivity index (χ1v) is 7.65. The zero-order valence-electron chi connectivity index (χ0n) is 10.6. The molecule has 3 heterocycles. The van der Waals surface area contributed by atoms with Crippen molar-refractivity contribution >= 4 is 34.1 Å². The number of imidazole rings is 1. The largest absolute Gasteiger partial charge is 0.311 e. The van der Waals surface area contributed by atoms with Gasteiger partial charge in [-0.3, -0.25) is 0 Å². The first-order valence-electron chi connectivity index (χ1n) is 6.17. The van der Waals surface area contributed by atoms with Crippen molar-refractivity contribution in [1.82, 2.24) is 14.5 Å². The Morgan fingerprint density at radius 3 is 3.00 bits per heavy atom. The minimum Gasteiger partial charge on any atom is -0.311 e. The van der Waals surface area contributed by atoms with Gasteiger partial charge in [0, 0.05) is 12.7 Å². The van der Waals surface area contributed by atoms with E-state index in [0.29, 0.717) is 5.88 Å². The van der Waals surface area contributed by atoms with Crippen LogP contribution in [-0.4, -0.2) is 14.5 Å². The van der Waals surface area contributed by atoms with Crippen LogP contribution in [0.15, 0.2) is 29.1 Å². The zero-order chi connectivity index (χ0) is 13.2. The highest BCUT2D eigenvalue weighted by Crippen LogP contribution is 2.19. The number of aromatic nitrogens is 3. The van der Waals surface area contributed by atoms with Gasteiger partial charge < -0.3 is 4.57 Å². The number of nitrogens with zero attached hydrogens (tertiary/aromatic N) is 3. The molecule has 0 radical (unpaired) electrons. The summed E-state index contributed by atoms with van der Waals surface area (Å²) < 4.78 is 2.13. The van der Waals surface area contributed by atoms with Crippen molar-refractivity contribution in [3.63, 3.8) is 0 Å². The van der Waals surface area contributed by atoms with E-state index >= 15 is 0 Å². The lowest BCUT2D eigenvalue weighted by molar-refractivity contribution is 0.683. The van der Waals surface area contributed by atoms with Crippen molar-refractivity contribution in [2.45, 2.75) is 25.8 Å². The maximum atomic E-state index is 6.01.